The van der Waals surface area contributed by atoms with Crippen LogP contribution in [0.5, 0.6) is 5.75 Å². The van der Waals surface area contributed by atoms with Crippen molar-refractivity contribution in [2.75, 3.05) is 41.3 Å². The van der Waals surface area contributed by atoms with Crippen molar-refractivity contribution in [3.63, 3.8) is 0 Å². The molecule has 0 aliphatic carbocycles. The third-order valence-corrected chi connectivity index (χ3v) is 6.42. The number of benzene rings is 1. The molecule has 1 N–H and O–H groups in total. The number of pyridine rings is 1. The molecule has 2 aromatic heterocycles. The summed E-state index contributed by atoms with van der Waals surface area (Å²) >= 11 is 1.32. The molecular formula is C24H22N6O3S. The Kier molecular flexibility index (Phi) is 6.13. The molecule has 0 saturated carbocycles. The van der Waals surface area contributed by atoms with E-state index in [9.17, 15) is 9.59 Å². The number of amides is 1. The average Bonchev–Trinajstić information content (AvgIpc) is 2.86. The van der Waals surface area contributed by atoms with Crippen LogP contribution in [0.15, 0.2) is 64.8 Å². The molecule has 4 heterocycles. The van der Waals surface area contributed by atoms with Gasteiger partial charge in [0.05, 0.1) is 16.8 Å². The van der Waals surface area contributed by atoms with Gasteiger partial charge in [-0.2, -0.15) is 0 Å². The zero-order valence-electron chi connectivity index (χ0n) is 18.5. The molecule has 1 aromatic carbocycles. The largest absolute Gasteiger partial charge is 0.427 e. The highest BCUT2D eigenvalue weighted by Crippen LogP contribution is 2.38. The second-order valence-corrected chi connectivity index (χ2v) is 8.81. The van der Waals surface area contributed by atoms with E-state index in [2.05, 4.69) is 25.1 Å². The topological polar surface area (TPSA) is 101 Å². The van der Waals surface area contributed by atoms with Gasteiger partial charge in [0.1, 0.15) is 16.6 Å². The van der Waals surface area contributed by atoms with Crippen LogP contribution < -0.4 is 19.9 Å². The first-order valence-corrected chi connectivity index (χ1v) is 11.6. The fourth-order valence-corrected chi connectivity index (χ4v) is 4.62. The van der Waals surface area contributed by atoms with Crippen molar-refractivity contribution in [1.29, 1.82) is 0 Å². The molecule has 0 atom stereocenters. The third-order valence-electron chi connectivity index (χ3n) is 5.39. The van der Waals surface area contributed by atoms with Crippen molar-refractivity contribution < 1.29 is 14.3 Å². The Morgan fingerprint density at radius 3 is 2.53 bits per heavy atom. The van der Waals surface area contributed by atoms with Gasteiger partial charge in [0.15, 0.2) is 0 Å². The number of nitrogens with zero attached hydrogens (tertiary/aromatic N) is 5. The summed E-state index contributed by atoms with van der Waals surface area (Å²) in [6.45, 7) is 4.58. The van der Waals surface area contributed by atoms with Gasteiger partial charge in [-0.1, -0.05) is 30.0 Å². The molecule has 5 rings (SSSR count). The number of piperazine rings is 1. The van der Waals surface area contributed by atoms with Crippen LogP contribution in [-0.4, -0.2) is 53.0 Å². The first kappa shape index (κ1) is 21.9. The van der Waals surface area contributed by atoms with E-state index in [1.807, 2.05) is 18.2 Å². The van der Waals surface area contributed by atoms with Gasteiger partial charge in [-0.05, 0) is 35.9 Å². The Hall–Kier alpha value is -3.92. The van der Waals surface area contributed by atoms with E-state index in [1.165, 1.54) is 18.7 Å². The van der Waals surface area contributed by atoms with Crippen LogP contribution >= 0.6 is 11.8 Å². The third kappa shape index (κ3) is 4.86. The maximum Gasteiger partial charge on any atom is 0.308 e. The number of carbonyl (C=O) groups is 2. The lowest BCUT2D eigenvalue weighted by Gasteiger charge is -2.35. The van der Waals surface area contributed by atoms with Crippen LogP contribution in [0, 0.1) is 0 Å². The summed E-state index contributed by atoms with van der Waals surface area (Å²) in [5.41, 5.74) is 1.42. The van der Waals surface area contributed by atoms with Gasteiger partial charge in [-0.15, -0.1) is 0 Å². The van der Waals surface area contributed by atoms with E-state index in [1.54, 1.807) is 42.7 Å². The maximum atomic E-state index is 12.6. The fraction of sp³-hybridized carbons (Fsp3) is 0.208. The quantitative estimate of drug-likeness (QED) is 0.264. The summed E-state index contributed by atoms with van der Waals surface area (Å²) in [6.07, 6.45) is 5.26. The summed E-state index contributed by atoms with van der Waals surface area (Å²) in [5, 5.41) is 3.58. The molecule has 2 aliphatic heterocycles. The lowest BCUT2D eigenvalue weighted by Crippen LogP contribution is -2.47. The normalized spacial score (nSPS) is 16.7. The van der Waals surface area contributed by atoms with E-state index in [0.29, 0.717) is 27.3 Å². The number of hydrogen-bond donors (Lipinski definition) is 1. The minimum atomic E-state index is -0.376. The molecule has 9 nitrogen and oxygen atoms in total. The Labute approximate surface area is 200 Å². The summed E-state index contributed by atoms with van der Waals surface area (Å²) in [7, 11) is 0. The van der Waals surface area contributed by atoms with Gasteiger partial charge < -0.3 is 19.9 Å². The SMILES string of the molecule is CC(=O)Oc1ccc(/C=C2\Sc3nc(N4CCN(c5ccccn5)CC4)ncc3NC2=O)cc1. The zero-order chi connectivity index (χ0) is 23.5. The second-order valence-electron chi connectivity index (χ2n) is 7.78. The number of aromatic nitrogens is 3. The smallest absolute Gasteiger partial charge is 0.308 e. The number of esters is 1. The van der Waals surface area contributed by atoms with Crippen molar-refractivity contribution >= 4 is 47.2 Å². The fourth-order valence-electron chi connectivity index (χ4n) is 3.73. The highest BCUT2D eigenvalue weighted by Gasteiger charge is 2.26. The molecule has 10 heteroatoms. The summed E-state index contributed by atoms with van der Waals surface area (Å²) < 4.78 is 5.06. The molecule has 3 aromatic rings. The van der Waals surface area contributed by atoms with Gasteiger partial charge >= 0.3 is 5.97 Å². The van der Waals surface area contributed by atoms with E-state index in [4.69, 9.17) is 9.72 Å². The minimum absolute atomic E-state index is 0.207. The van der Waals surface area contributed by atoms with Crippen molar-refractivity contribution in [3.8, 4) is 5.75 Å². The molecule has 0 spiro atoms. The predicted molar refractivity (Wildman–Crippen MR) is 131 cm³/mol. The number of thioether (sulfide) groups is 1. The minimum Gasteiger partial charge on any atom is -0.427 e. The van der Waals surface area contributed by atoms with Crippen LogP contribution in [0.2, 0.25) is 0 Å². The van der Waals surface area contributed by atoms with E-state index < -0.39 is 0 Å². The standard InChI is InChI=1S/C24H22N6O3S/c1-16(31)33-18-7-5-17(6-8-18)14-20-22(32)27-19-15-26-24(28-23(19)34-20)30-12-10-29(11-13-30)21-4-2-3-9-25-21/h2-9,14-15H,10-13H2,1H3,(H,27,32)/b20-14-. The van der Waals surface area contributed by atoms with Gasteiger partial charge in [0, 0.05) is 39.3 Å². The maximum absolute atomic E-state index is 12.6. The number of hydrogen-bond acceptors (Lipinski definition) is 9. The number of carbonyl (C=O) groups excluding carboxylic acids is 2. The van der Waals surface area contributed by atoms with Crippen LogP contribution in [-0.2, 0) is 9.59 Å². The molecule has 172 valence electrons. The average molecular weight is 475 g/mol. The van der Waals surface area contributed by atoms with Crippen LogP contribution in [0.3, 0.4) is 0 Å². The first-order valence-electron chi connectivity index (χ1n) is 10.8. The predicted octanol–water partition coefficient (Wildman–Crippen LogP) is 3.21. The van der Waals surface area contributed by atoms with E-state index >= 15 is 0 Å². The first-order chi connectivity index (χ1) is 16.5. The van der Waals surface area contributed by atoms with Gasteiger partial charge in [-0.25, -0.2) is 15.0 Å². The van der Waals surface area contributed by atoms with Crippen LogP contribution in [0.25, 0.3) is 6.08 Å². The molecule has 1 amide bonds. The highest BCUT2D eigenvalue weighted by atomic mass is 32.2. The number of ether oxygens (including phenoxy) is 1. The zero-order valence-corrected chi connectivity index (χ0v) is 19.3. The second kappa shape index (κ2) is 9.52. The Morgan fingerprint density at radius 2 is 1.82 bits per heavy atom. The van der Waals surface area contributed by atoms with E-state index in [-0.39, 0.29) is 11.9 Å². The van der Waals surface area contributed by atoms with Gasteiger partial charge in [0.25, 0.3) is 5.91 Å². The van der Waals surface area contributed by atoms with Crippen LogP contribution in [0.1, 0.15) is 12.5 Å². The highest BCUT2D eigenvalue weighted by molar-refractivity contribution is 8.04. The summed E-state index contributed by atoms with van der Waals surface area (Å²) in [6, 6.07) is 12.9. The number of nitrogens with one attached hydrogen (secondary N) is 1. The molecule has 1 saturated heterocycles. The lowest BCUT2D eigenvalue weighted by atomic mass is 10.2. The molecule has 34 heavy (non-hydrogen) atoms. The number of fused-ring (bicyclic) bond motifs is 1. The van der Waals surface area contributed by atoms with Crippen molar-refractivity contribution in [1.82, 2.24) is 15.0 Å². The van der Waals surface area contributed by atoms with Crippen LogP contribution in [0.4, 0.5) is 17.5 Å². The molecule has 2 aliphatic rings. The van der Waals surface area contributed by atoms with Crippen molar-refractivity contribution in [2.24, 2.45) is 0 Å². The van der Waals surface area contributed by atoms with Gasteiger partial charge in [-0.3, -0.25) is 9.59 Å². The monoisotopic (exact) mass is 474 g/mol. The summed E-state index contributed by atoms with van der Waals surface area (Å²) in [5.74, 6) is 1.50. The molecule has 0 bridgehead atoms. The van der Waals surface area contributed by atoms with Crippen molar-refractivity contribution in [2.45, 2.75) is 11.9 Å². The molecule has 0 radical (unpaired) electrons. The molecule has 0 unspecified atom stereocenters. The molecule has 1 fully saturated rings. The van der Waals surface area contributed by atoms with Crippen molar-refractivity contribution in [3.05, 3.63) is 65.3 Å². The number of anilines is 3. The van der Waals surface area contributed by atoms with Gasteiger partial charge in [0.2, 0.25) is 5.95 Å². The Balaban J connectivity index is 1.29. The van der Waals surface area contributed by atoms with E-state index in [0.717, 1.165) is 37.6 Å². The molecular weight excluding hydrogens is 452 g/mol. The Morgan fingerprint density at radius 1 is 1.06 bits per heavy atom. The Bertz CT molecular complexity index is 1240. The lowest BCUT2D eigenvalue weighted by molar-refractivity contribution is -0.131. The summed E-state index contributed by atoms with van der Waals surface area (Å²) in [4.78, 5) is 42.2. The number of rotatable bonds is 4.